The number of piperazine rings is 1. The van der Waals surface area contributed by atoms with E-state index in [9.17, 15) is 9.59 Å². The van der Waals surface area contributed by atoms with Crippen molar-refractivity contribution < 1.29 is 14.7 Å². The fraction of sp³-hybridized carbons (Fsp3) is 0.846. The summed E-state index contributed by atoms with van der Waals surface area (Å²) < 4.78 is 0. The Morgan fingerprint density at radius 3 is 2.37 bits per heavy atom. The summed E-state index contributed by atoms with van der Waals surface area (Å²) in [4.78, 5) is 26.4. The minimum atomic E-state index is -0.765. The van der Waals surface area contributed by atoms with Crippen molar-refractivity contribution in [2.75, 3.05) is 32.7 Å². The summed E-state index contributed by atoms with van der Waals surface area (Å²) in [6.45, 7) is 5.68. The van der Waals surface area contributed by atoms with Gasteiger partial charge in [0.2, 0.25) is 0 Å². The van der Waals surface area contributed by atoms with Crippen molar-refractivity contribution in [2.24, 2.45) is 5.92 Å². The Labute approximate surface area is 113 Å². The first kappa shape index (κ1) is 14.1. The lowest BCUT2D eigenvalue weighted by atomic mass is 9.82. The van der Waals surface area contributed by atoms with Gasteiger partial charge in [-0.25, -0.2) is 4.79 Å². The zero-order valence-electron chi connectivity index (χ0n) is 11.5. The van der Waals surface area contributed by atoms with Gasteiger partial charge in [-0.3, -0.25) is 9.69 Å². The molecule has 2 rings (SSSR count). The van der Waals surface area contributed by atoms with Gasteiger partial charge < -0.3 is 15.3 Å². The summed E-state index contributed by atoms with van der Waals surface area (Å²) in [7, 11) is 0. The second kappa shape index (κ2) is 6.23. The van der Waals surface area contributed by atoms with E-state index in [1.807, 2.05) is 4.90 Å². The van der Waals surface area contributed by atoms with Gasteiger partial charge in [-0.2, -0.15) is 0 Å². The lowest BCUT2D eigenvalue weighted by molar-refractivity contribution is -0.137. The average molecular weight is 269 g/mol. The van der Waals surface area contributed by atoms with E-state index in [4.69, 9.17) is 5.11 Å². The summed E-state index contributed by atoms with van der Waals surface area (Å²) >= 11 is 0. The molecule has 2 N–H and O–H groups in total. The first-order chi connectivity index (χ1) is 9.04. The fourth-order valence-corrected chi connectivity index (χ4v) is 2.71. The van der Waals surface area contributed by atoms with E-state index in [2.05, 4.69) is 17.1 Å². The van der Waals surface area contributed by atoms with Gasteiger partial charge in [0.05, 0.1) is 6.42 Å². The highest BCUT2D eigenvalue weighted by Gasteiger charge is 2.29. The van der Waals surface area contributed by atoms with Crippen molar-refractivity contribution in [1.29, 1.82) is 0 Å². The molecule has 0 spiro atoms. The highest BCUT2D eigenvalue weighted by Crippen LogP contribution is 2.26. The molecule has 2 fully saturated rings. The van der Waals surface area contributed by atoms with Gasteiger partial charge >= 0.3 is 12.0 Å². The van der Waals surface area contributed by atoms with Crippen LogP contribution in [0.25, 0.3) is 0 Å². The van der Waals surface area contributed by atoms with Crippen LogP contribution in [0.4, 0.5) is 4.79 Å². The van der Waals surface area contributed by atoms with Crippen molar-refractivity contribution in [3.63, 3.8) is 0 Å². The molecule has 2 amide bonds. The highest BCUT2D eigenvalue weighted by molar-refractivity contribution is 5.74. The van der Waals surface area contributed by atoms with E-state index in [0.29, 0.717) is 25.7 Å². The molecule has 0 atom stereocenters. The first-order valence-electron chi connectivity index (χ1n) is 7.04. The van der Waals surface area contributed by atoms with Crippen molar-refractivity contribution in [3.8, 4) is 0 Å². The SMILES string of the molecule is CC1CC(NC(=O)N2CCN(CCC(=O)O)CC2)C1. The van der Waals surface area contributed by atoms with Crippen LogP contribution in [-0.2, 0) is 4.79 Å². The number of urea groups is 1. The van der Waals surface area contributed by atoms with Crippen molar-refractivity contribution in [2.45, 2.75) is 32.2 Å². The molecule has 1 aliphatic heterocycles. The Bertz CT molecular complexity index is 334. The number of hydrogen-bond donors (Lipinski definition) is 2. The zero-order valence-corrected chi connectivity index (χ0v) is 11.5. The molecule has 0 radical (unpaired) electrons. The molecule has 6 nitrogen and oxygen atoms in total. The molecular formula is C13H23N3O3. The Kier molecular flexibility index (Phi) is 4.63. The molecule has 0 unspecified atom stereocenters. The predicted octanol–water partition coefficient (Wildman–Crippen LogP) is 0.587. The molecule has 1 saturated heterocycles. The van der Waals surface area contributed by atoms with Crippen LogP contribution in [0, 0.1) is 5.92 Å². The van der Waals surface area contributed by atoms with Gasteiger partial charge in [0.25, 0.3) is 0 Å². The third-order valence-corrected chi connectivity index (χ3v) is 4.00. The van der Waals surface area contributed by atoms with Crippen molar-refractivity contribution in [3.05, 3.63) is 0 Å². The van der Waals surface area contributed by atoms with Crippen LogP contribution in [0.15, 0.2) is 0 Å². The maximum atomic E-state index is 12.0. The van der Waals surface area contributed by atoms with Crippen LogP contribution in [0.5, 0.6) is 0 Å². The summed E-state index contributed by atoms with van der Waals surface area (Å²) in [6.07, 6.45) is 2.35. The van der Waals surface area contributed by atoms with Crippen molar-refractivity contribution in [1.82, 2.24) is 15.1 Å². The number of aliphatic carboxylic acids is 1. The van der Waals surface area contributed by atoms with Crippen LogP contribution in [0.1, 0.15) is 26.2 Å². The summed E-state index contributed by atoms with van der Waals surface area (Å²) in [5.74, 6) is -0.0301. The van der Waals surface area contributed by atoms with Gasteiger partial charge in [-0.15, -0.1) is 0 Å². The van der Waals surface area contributed by atoms with Gasteiger partial charge in [0.1, 0.15) is 0 Å². The standard InChI is InChI=1S/C13H23N3O3/c1-10-8-11(9-10)14-13(19)16-6-4-15(5-7-16)3-2-12(17)18/h10-11H,2-9H2,1H3,(H,14,19)(H,17,18). The van der Waals surface area contributed by atoms with Crippen LogP contribution < -0.4 is 5.32 Å². The quantitative estimate of drug-likeness (QED) is 0.783. The van der Waals surface area contributed by atoms with Crippen LogP contribution in [-0.4, -0.2) is 65.7 Å². The summed E-state index contributed by atoms with van der Waals surface area (Å²) in [5.41, 5.74) is 0. The summed E-state index contributed by atoms with van der Waals surface area (Å²) in [5, 5.41) is 11.7. The molecular weight excluding hydrogens is 246 g/mol. The number of amides is 2. The van der Waals surface area contributed by atoms with E-state index in [-0.39, 0.29) is 12.5 Å². The van der Waals surface area contributed by atoms with E-state index in [1.165, 1.54) is 0 Å². The molecule has 0 aromatic rings. The van der Waals surface area contributed by atoms with Crippen LogP contribution in [0.2, 0.25) is 0 Å². The maximum absolute atomic E-state index is 12.0. The van der Waals surface area contributed by atoms with Gasteiger partial charge in [0, 0.05) is 38.8 Å². The van der Waals surface area contributed by atoms with E-state index < -0.39 is 5.97 Å². The third-order valence-electron chi connectivity index (χ3n) is 4.00. The number of nitrogens with zero attached hydrogens (tertiary/aromatic N) is 2. The second-order valence-electron chi connectivity index (χ2n) is 5.70. The lowest BCUT2D eigenvalue weighted by Crippen LogP contribution is -2.55. The van der Waals surface area contributed by atoms with Crippen molar-refractivity contribution >= 4 is 12.0 Å². The monoisotopic (exact) mass is 269 g/mol. The first-order valence-corrected chi connectivity index (χ1v) is 7.04. The second-order valence-corrected chi connectivity index (χ2v) is 5.70. The maximum Gasteiger partial charge on any atom is 0.317 e. The Hall–Kier alpha value is -1.30. The molecule has 0 bridgehead atoms. The Balaban J connectivity index is 1.65. The molecule has 1 saturated carbocycles. The van der Waals surface area contributed by atoms with Crippen LogP contribution in [0.3, 0.4) is 0 Å². The summed E-state index contributed by atoms with van der Waals surface area (Å²) in [6, 6.07) is 0.391. The molecule has 0 aromatic heterocycles. The molecule has 1 aliphatic carbocycles. The number of carboxylic acids is 1. The molecule has 108 valence electrons. The molecule has 6 heteroatoms. The normalized spacial score (nSPS) is 27.7. The van der Waals surface area contributed by atoms with Gasteiger partial charge in [-0.05, 0) is 18.8 Å². The van der Waals surface area contributed by atoms with E-state index in [1.54, 1.807) is 0 Å². The zero-order chi connectivity index (χ0) is 13.8. The Morgan fingerprint density at radius 1 is 1.21 bits per heavy atom. The largest absolute Gasteiger partial charge is 0.481 e. The number of carbonyl (C=O) groups is 2. The minimum absolute atomic E-state index is 0.0368. The number of hydrogen-bond acceptors (Lipinski definition) is 3. The van der Waals surface area contributed by atoms with E-state index >= 15 is 0 Å². The predicted molar refractivity (Wildman–Crippen MR) is 71.0 cm³/mol. The van der Waals surface area contributed by atoms with Gasteiger partial charge in [0.15, 0.2) is 0 Å². The number of carbonyl (C=O) groups excluding carboxylic acids is 1. The van der Waals surface area contributed by atoms with E-state index in [0.717, 1.165) is 31.8 Å². The average Bonchev–Trinajstić information content (AvgIpc) is 2.35. The molecule has 19 heavy (non-hydrogen) atoms. The molecule has 1 heterocycles. The fourth-order valence-electron chi connectivity index (χ4n) is 2.71. The van der Waals surface area contributed by atoms with Gasteiger partial charge in [-0.1, -0.05) is 6.92 Å². The number of carboxylic acid groups (broad SMARTS) is 1. The Morgan fingerprint density at radius 2 is 1.84 bits per heavy atom. The molecule has 0 aromatic carbocycles. The minimum Gasteiger partial charge on any atom is -0.481 e. The number of rotatable bonds is 4. The van der Waals surface area contributed by atoms with Crippen LogP contribution >= 0.6 is 0 Å². The lowest BCUT2D eigenvalue weighted by Gasteiger charge is -2.38. The molecule has 2 aliphatic rings. The smallest absolute Gasteiger partial charge is 0.317 e. The third kappa shape index (κ3) is 4.09. The highest BCUT2D eigenvalue weighted by atomic mass is 16.4. The number of nitrogens with one attached hydrogen (secondary N) is 1. The topological polar surface area (TPSA) is 72.9 Å².